The van der Waals surface area contributed by atoms with Gasteiger partial charge in [0.05, 0.1) is 22.6 Å². The van der Waals surface area contributed by atoms with Gasteiger partial charge in [0.1, 0.15) is 5.69 Å². The Bertz CT molecular complexity index is 1130. The number of nitrogens with zero attached hydrogens (tertiary/aromatic N) is 3. The number of halogens is 3. The molecule has 128 valence electrons. The summed E-state index contributed by atoms with van der Waals surface area (Å²) < 4.78 is 45.3. The molecule has 0 radical (unpaired) electrons. The Morgan fingerprint density at radius 2 is 2.00 bits per heavy atom. The van der Waals surface area contributed by atoms with Gasteiger partial charge in [0, 0.05) is 11.5 Å². The summed E-state index contributed by atoms with van der Waals surface area (Å²) in [5.41, 5.74) is -2.73. The maximum absolute atomic E-state index is 13.1. The van der Waals surface area contributed by atoms with Crippen LogP contribution in [-0.4, -0.2) is 13.5 Å². The second-order valence-corrected chi connectivity index (χ2v) is 6.03. The van der Waals surface area contributed by atoms with Crippen LogP contribution in [0.2, 0.25) is 0 Å². The van der Waals surface area contributed by atoms with Gasteiger partial charge in [-0.1, -0.05) is 5.92 Å². The average Bonchev–Trinajstić information content (AvgIpc) is 2.90. The molecule has 1 aromatic carbocycles. The first kappa shape index (κ1) is 17.0. The molecule has 0 aliphatic carbocycles. The highest BCUT2D eigenvalue weighted by Gasteiger charge is 2.35. The van der Waals surface area contributed by atoms with Gasteiger partial charge in [-0.15, -0.1) is 6.42 Å². The maximum Gasteiger partial charge on any atom is 0.431 e. The summed E-state index contributed by atoms with van der Waals surface area (Å²) in [5, 5.41) is 0.720. The molecule has 9 heteroatoms. The number of benzene rings is 1. The number of hydrogen-bond acceptors (Lipinski definition) is 4. The normalized spacial score (nSPS) is 11.6. The van der Waals surface area contributed by atoms with Crippen LogP contribution in [0.3, 0.4) is 0 Å². The lowest BCUT2D eigenvalue weighted by atomic mass is 10.2. The molecule has 5 nitrogen and oxygen atoms in total. The zero-order valence-electron chi connectivity index (χ0n) is 12.8. The first-order chi connectivity index (χ1) is 11.7. The van der Waals surface area contributed by atoms with Crippen molar-refractivity contribution in [2.45, 2.75) is 19.6 Å². The van der Waals surface area contributed by atoms with Crippen molar-refractivity contribution in [2.24, 2.45) is 0 Å². The number of terminal acetylenes is 1. The van der Waals surface area contributed by atoms with E-state index in [2.05, 4.69) is 4.37 Å². The minimum Gasteiger partial charge on any atom is -0.277 e. The summed E-state index contributed by atoms with van der Waals surface area (Å²) in [7, 11) is 0. The maximum atomic E-state index is 13.1. The van der Waals surface area contributed by atoms with Crippen molar-refractivity contribution >= 4 is 21.6 Å². The number of fused-ring (bicyclic) bond motifs is 1. The zero-order chi connectivity index (χ0) is 18.4. The number of aryl methyl sites for hydroxylation is 1. The minimum absolute atomic E-state index is 0.158. The summed E-state index contributed by atoms with van der Waals surface area (Å²) in [6.45, 7) is 1.16. The van der Waals surface area contributed by atoms with E-state index < -0.39 is 29.7 Å². The fourth-order valence-electron chi connectivity index (χ4n) is 2.48. The molecule has 0 atom stereocenters. The van der Waals surface area contributed by atoms with Gasteiger partial charge in [-0.2, -0.15) is 17.5 Å². The van der Waals surface area contributed by atoms with Crippen molar-refractivity contribution in [3.63, 3.8) is 0 Å². The fourth-order valence-corrected chi connectivity index (χ4v) is 3.25. The van der Waals surface area contributed by atoms with E-state index in [9.17, 15) is 22.8 Å². The molecule has 2 heterocycles. The van der Waals surface area contributed by atoms with E-state index >= 15 is 0 Å². The Morgan fingerprint density at radius 1 is 1.28 bits per heavy atom. The molecule has 0 N–H and O–H groups in total. The highest BCUT2D eigenvalue weighted by atomic mass is 32.1. The highest BCUT2D eigenvalue weighted by molar-refractivity contribution is 7.13. The number of rotatable bonds is 2. The van der Waals surface area contributed by atoms with Crippen LogP contribution in [0.5, 0.6) is 0 Å². The van der Waals surface area contributed by atoms with Gasteiger partial charge in [0.2, 0.25) is 0 Å². The van der Waals surface area contributed by atoms with Gasteiger partial charge in [0.25, 0.3) is 5.56 Å². The van der Waals surface area contributed by atoms with Gasteiger partial charge in [-0.3, -0.25) is 9.36 Å². The molecule has 0 unspecified atom stereocenters. The second kappa shape index (κ2) is 5.89. The van der Waals surface area contributed by atoms with E-state index in [0.717, 1.165) is 10.1 Å². The van der Waals surface area contributed by atoms with Crippen molar-refractivity contribution in [3.05, 3.63) is 56.5 Å². The van der Waals surface area contributed by atoms with Gasteiger partial charge >= 0.3 is 11.9 Å². The van der Waals surface area contributed by atoms with E-state index in [1.54, 1.807) is 19.1 Å². The van der Waals surface area contributed by atoms with Crippen LogP contribution in [0.4, 0.5) is 13.2 Å². The monoisotopic (exact) mass is 365 g/mol. The third-order valence-electron chi connectivity index (χ3n) is 3.63. The van der Waals surface area contributed by atoms with Gasteiger partial charge in [-0.25, -0.2) is 9.36 Å². The molecule has 0 bridgehead atoms. The smallest absolute Gasteiger partial charge is 0.277 e. The van der Waals surface area contributed by atoms with Crippen LogP contribution in [-0.2, 0) is 12.7 Å². The quantitative estimate of drug-likeness (QED) is 0.656. The van der Waals surface area contributed by atoms with E-state index in [1.807, 2.05) is 5.92 Å². The summed E-state index contributed by atoms with van der Waals surface area (Å²) in [5.74, 6) is 2.01. The van der Waals surface area contributed by atoms with Crippen LogP contribution in [0.15, 0.2) is 33.9 Å². The second-order valence-electron chi connectivity index (χ2n) is 5.22. The van der Waals surface area contributed by atoms with Crippen molar-refractivity contribution in [3.8, 4) is 18.0 Å². The molecule has 2 aromatic heterocycles. The van der Waals surface area contributed by atoms with Crippen LogP contribution < -0.4 is 11.2 Å². The molecule has 0 aliphatic heterocycles. The molecular formula is C16H10F3N3O2S. The lowest BCUT2D eigenvalue weighted by Gasteiger charge is -2.15. The molecule has 0 amide bonds. The summed E-state index contributed by atoms with van der Waals surface area (Å²) in [6.07, 6.45) is 0.208. The SMILES string of the molecule is C#CCn1c(C(F)(F)F)cc(=O)n(-c2ccc3snc(C)c3c2)c1=O. The van der Waals surface area contributed by atoms with Crippen molar-refractivity contribution < 1.29 is 13.2 Å². The lowest BCUT2D eigenvalue weighted by Crippen LogP contribution is -2.41. The third kappa shape index (κ3) is 2.85. The molecule has 0 saturated carbocycles. The topological polar surface area (TPSA) is 56.9 Å². The molecule has 3 rings (SSSR count). The number of aromatic nitrogens is 3. The standard InChI is InChI=1S/C16H10F3N3O2S/c1-3-6-21-13(16(17,18)19)8-14(23)22(15(21)24)10-4-5-12-11(7-10)9(2)20-25-12/h1,4-5,7-8H,6H2,2H3. The Kier molecular flexibility index (Phi) is 4.00. The van der Waals surface area contributed by atoms with Crippen LogP contribution >= 0.6 is 11.5 Å². The number of hydrogen-bond donors (Lipinski definition) is 0. The largest absolute Gasteiger partial charge is 0.431 e. The van der Waals surface area contributed by atoms with Gasteiger partial charge < -0.3 is 0 Å². The molecule has 0 aliphatic rings. The molecular weight excluding hydrogens is 355 g/mol. The molecule has 0 spiro atoms. The predicted molar refractivity (Wildman–Crippen MR) is 88.0 cm³/mol. The Morgan fingerprint density at radius 3 is 2.64 bits per heavy atom. The van der Waals surface area contributed by atoms with Crippen LogP contribution in [0, 0.1) is 19.3 Å². The molecule has 3 aromatic rings. The number of alkyl halides is 3. The Labute approximate surface area is 143 Å². The Hall–Kier alpha value is -2.86. The lowest BCUT2D eigenvalue weighted by molar-refractivity contribution is -0.144. The summed E-state index contributed by atoms with van der Waals surface area (Å²) in [4.78, 5) is 24.7. The molecule has 0 fully saturated rings. The summed E-state index contributed by atoms with van der Waals surface area (Å²) >= 11 is 1.25. The van der Waals surface area contributed by atoms with Crippen LogP contribution in [0.25, 0.3) is 15.8 Å². The molecule has 25 heavy (non-hydrogen) atoms. The third-order valence-corrected chi connectivity index (χ3v) is 4.54. The van der Waals surface area contributed by atoms with E-state index in [0.29, 0.717) is 20.9 Å². The van der Waals surface area contributed by atoms with Gasteiger partial charge in [-0.05, 0) is 36.7 Å². The van der Waals surface area contributed by atoms with E-state index in [1.165, 1.54) is 17.6 Å². The van der Waals surface area contributed by atoms with Crippen molar-refractivity contribution in [2.75, 3.05) is 0 Å². The Balaban J connectivity index is 2.34. The van der Waals surface area contributed by atoms with E-state index in [-0.39, 0.29) is 5.69 Å². The first-order valence-corrected chi connectivity index (χ1v) is 7.75. The fraction of sp³-hybridized carbons (Fsp3) is 0.188. The highest BCUT2D eigenvalue weighted by Crippen LogP contribution is 2.28. The predicted octanol–water partition coefficient (Wildman–Crippen LogP) is 2.57. The first-order valence-electron chi connectivity index (χ1n) is 6.98. The average molecular weight is 365 g/mol. The van der Waals surface area contributed by atoms with Crippen LogP contribution in [0.1, 0.15) is 11.4 Å². The van der Waals surface area contributed by atoms with E-state index in [4.69, 9.17) is 6.42 Å². The van der Waals surface area contributed by atoms with Gasteiger partial charge in [0.15, 0.2) is 0 Å². The minimum atomic E-state index is -4.87. The molecule has 0 saturated heterocycles. The van der Waals surface area contributed by atoms with Crippen molar-refractivity contribution in [1.82, 2.24) is 13.5 Å². The van der Waals surface area contributed by atoms with Crippen molar-refractivity contribution in [1.29, 1.82) is 0 Å². The zero-order valence-corrected chi connectivity index (χ0v) is 13.6. The summed E-state index contributed by atoms with van der Waals surface area (Å²) in [6, 6.07) is 5.06.